The summed E-state index contributed by atoms with van der Waals surface area (Å²) in [7, 11) is 1.65. The van der Waals surface area contributed by atoms with Gasteiger partial charge in [-0.15, -0.1) is 10.2 Å². The van der Waals surface area contributed by atoms with Gasteiger partial charge in [-0.05, 0) is 36.4 Å². The molecule has 0 bridgehead atoms. The standard InChI is InChI=1S/C25H17FN6O2S/c1-30-22(33)16-9-3-6-12-19(16)31-21(28-29-24(30)31)14-35-25-27-18-11-5-2-8-15(18)23(34)32(25)20-13-7-4-10-17(20)26/h2-13H,14H2,1H3. The molecule has 3 aromatic heterocycles. The minimum absolute atomic E-state index is 0.122. The Morgan fingerprint density at radius 2 is 1.57 bits per heavy atom. The Morgan fingerprint density at radius 3 is 2.40 bits per heavy atom. The first kappa shape index (κ1) is 21.2. The number of benzene rings is 3. The molecule has 0 saturated heterocycles. The number of aryl methyl sites for hydroxylation is 1. The molecule has 0 radical (unpaired) electrons. The summed E-state index contributed by atoms with van der Waals surface area (Å²) in [6.07, 6.45) is 0. The zero-order chi connectivity index (χ0) is 24.1. The van der Waals surface area contributed by atoms with Gasteiger partial charge in [0.05, 0.1) is 33.2 Å². The molecule has 10 heteroatoms. The summed E-state index contributed by atoms with van der Waals surface area (Å²) >= 11 is 1.25. The number of thioether (sulfide) groups is 1. The number of fused-ring (bicyclic) bond motifs is 4. The molecule has 0 unspecified atom stereocenters. The molecule has 0 fully saturated rings. The molecule has 0 amide bonds. The Morgan fingerprint density at radius 1 is 0.857 bits per heavy atom. The third kappa shape index (κ3) is 3.33. The number of para-hydroxylation sites is 3. The number of halogens is 1. The van der Waals surface area contributed by atoms with Crippen LogP contribution in [0.1, 0.15) is 5.82 Å². The molecule has 0 aliphatic carbocycles. The van der Waals surface area contributed by atoms with E-state index < -0.39 is 5.82 Å². The van der Waals surface area contributed by atoms with E-state index in [-0.39, 0.29) is 22.6 Å². The molecule has 6 aromatic rings. The quantitative estimate of drug-likeness (QED) is 0.280. The Hall–Kier alpha value is -4.31. The Bertz CT molecular complexity index is 1890. The van der Waals surface area contributed by atoms with E-state index in [4.69, 9.17) is 0 Å². The molecule has 3 heterocycles. The van der Waals surface area contributed by atoms with E-state index in [2.05, 4.69) is 15.2 Å². The molecule has 0 spiro atoms. The van der Waals surface area contributed by atoms with Crippen LogP contribution < -0.4 is 11.1 Å². The first-order valence-electron chi connectivity index (χ1n) is 10.8. The van der Waals surface area contributed by atoms with Crippen LogP contribution in [0.25, 0.3) is 33.3 Å². The highest BCUT2D eigenvalue weighted by Gasteiger charge is 2.19. The molecular weight excluding hydrogens is 467 g/mol. The van der Waals surface area contributed by atoms with Gasteiger partial charge >= 0.3 is 0 Å². The van der Waals surface area contributed by atoms with Gasteiger partial charge < -0.3 is 0 Å². The van der Waals surface area contributed by atoms with Crippen molar-refractivity contribution in [2.45, 2.75) is 10.9 Å². The van der Waals surface area contributed by atoms with E-state index in [1.54, 1.807) is 61.6 Å². The topological polar surface area (TPSA) is 87.1 Å². The van der Waals surface area contributed by atoms with Crippen molar-refractivity contribution in [1.82, 2.24) is 28.7 Å². The number of hydrogen-bond donors (Lipinski definition) is 0. The molecule has 0 aliphatic heterocycles. The fourth-order valence-electron chi connectivity index (χ4n) is 4.17. The van der Waals surface area contributed by atoms with Gasteiger partial charge in [0.25, 0.3) is 11.1 Å². The van der Waals surface area contributed by atoms with Crippen LogP contribution in [-0.2, 0) is 12.8 Å². The molecule has 6 rings (SSSR count). The van der Waals surface area contributed by atoms with Crippen molar-refractivity contribution in [3.05, 3.63) is 105 Å². The van der Waals surface area contributed by atoms with E-state index in [0.717, 1.165) is 0 Å². The van der Waals surface area contributed by atoms with E-state index in [1.165, 1.54) is 27.0 Å². The molecule has 0 N–H and O–H groups in total. The van der Waals surface area contributed by atoms with Crippen molar-refractivity contribution in [3.8, 4) is 5.69 Å². The van der Waals surface area contributed by atoms with Crippen LogP contribution >= 0.6 is 11.8 Å². The van der Waals surface area contributed by atoms with E-state index in [0.29, 0.717) is 38.6 Å². The first-order valence-corrected chi connectivity index (χ1v) is 11.7. The lowest BCUT2D eigenvalue weighted by molar-refractivity contribution is 0.608. The summed E-state index contributed by atoms with van der Waals surface area (Å²) in [6.45, 7) is 0. The van der Waals surface area contributed by atoms with Crippen molar-refractivity contribution in [2.24, 2.45) is 7.05 Å². The predicted octanol–water partition coefficient (Wildman–Crippen LogP) is 3.71. The van der Waals surface area contributed by atoms with Crippen molar-refractivity contribution >= 4 is 39.3 Å². The number of hydrogen-bond acceptors (Lipinski definition) is 6. The number of nitrogens with zero attached hydrogens (tertiary/aromatic N) is 6. The zero-order valence-corrected chi connectivity index (χ0v) is 19.2. The third-order valence-corrected chi connectivity index (χ3v) is 6.80. The highest BCUT2D eigenvalue weighted by molar-refractivity contribution is 7.98. The Kier molecular flexibility index (Phi) is 4.96. The Balaban J connectivity index is 1.53. The molecule has 0 aliphatic rings. The maximum Gasteiger partial charge on any atom is 0.266 e. The summed E-state index contributed by atoms with van der Waals surface area (Å²) < 4.78 is 19.3. The van der Waals surface area contributed by atoms with Gasteiger partial charge in [-0.2, -0.15) is 0 Å². The minimum Gasteiger partial charge on any atom is -0.279 e. The average molecular weight is 485 g/mol. The third-order valence-electron chi connectivity index (χ3n) is 5.86. The van der Waals surface area contributed by atoms with Crippen LogP contribution in [0, 0.1) is 5.82 Å². The van der Waals surface area contributed by atoms with Crippen molar-refractivity contribution in [2.75, 3.05) is 0 Å². The van der Waals surface area contributed by atoms with Crippen LogP contribution in [0.2, 0.25) is 0 Å². The highest BCUT2D eigenvalue weighted by Crippen LogP contribution is 2.26. The van der Waals surface area contributed by atoms with Gasteiger partial charge in [-0.3, -0.25) is 23.1 Å². The predicted molar refractivity (Wildman–Crippen MR) is 133 cm³/mol. The van der Waals surface area contributed by atoms with Gasteiger partial charge in [0.1, 0.15) is 11.6 Å². The van der Waals surface area contributed by atoms with Crippen LogP contribution in [0.3, 0.4) is 0 Å². The summed E-state index contributed by atoms with van der Waals surface area (Å²) in [5, 5.41) is 9.79. The van der Waals surface area contributed by atoms with Crippen LogP contribution in [-0.4, -0.2) is 28.7 Å². The van der Waals surface area contributed by atoms with Crippen LogP contribution in [0.15, 0.2) is 87.5 Å². The smallest absolute Gasteiger partial charge is 0.266 e. The van der Waals surface area contributed by atoms with Crippen LogP contribution in [0.4, 0.5) is 4.39 Å². The van der Waals surface area contributed by atoms with Gasteiger partial charge in [0.2, 0.25) is 5.78 Å². The fourth-order valence-corrected chi connectivity index (χ4v) is 5.09. The molecule has 3 aromatic carbocycles. The van der Waals surface area contributed by atoms with Crippen LogP contribution in [0.5, 0.6) is 0 Å². The molecule has 0 saturated carbocycles. The summed E-state index contributed by atoms with van der Waals surface area (Å²) in [6, 6.07) is 20.3. The second-order valence-corrected chi connectivity index (χ2v) is 8.87. The lowest BCUT2D eigenvalue weighted by atomic mass is 10.2. The van der Waals surface area contributed by atoms with Gasteiger partial charge in [0, 0.05) is 7.05 Å². The second-order valence-electron chi connectivity index (χ2n) is 7.93. The largest absolute Gasteiger partial charge is 0.279 e. The van der Waals surface area contributed by atoms with Crippen molar-refractivity contribution < 1.29 is 4.39 Å². The summed E-state index contributed by atoms with van der Waals surface area (Å²) in [4.78, 5) is 30.8. The molecule has 0 atom stereocenters. The second kappa shape index (κ2) is 8.17. The van der Waals surface area contributed by atoms with E-state index in [9.17, 15) is 14.0 Å². The van der Waals surface area contributed by atoms with Gasteiger partial charge in [-0.25, -0.2) is 9.37 Å². The van der Waals surface area contributed by atoms with E-state index in [1.807, 2.05) is 16.5 Å². The SMILES string of the molecule is Cn1c(=O)c2ccccc2n2c(CSc3nc4ccccc4c(=O)n3-c3ccccc3F)nnc12. The zero-order valence-electron chi connectivity index (χ0n) is 18.4. The highest BCUT2D eigenvalue weighted by atomic mass is 32.2. The van der Waals surface area contributed by atoms with Gasteiger partial charge in [0.15, 0.2) is 5.16 Å². The lowest BCUT2D eigenvalue weighted by Crippen LogP contribution is -2.22. The maximum atomic E-state index is 14.8. The normalized spacial score (nSPS) is 11.6. The van der Waals surface area contributed by atoms with E-state index >= 15 is 0 Å². The monoisotopic (exact) mass is 484 g/mol. The molecular formula is C25H17FN6O2S. The maximum absolute atomic E-state index is 14.8. The molecule has 8 nitrogen and oxygen atoms in total. The average Bonchev–Trinajstić information content (AvgIpc) is 3.31. The lowest BCUT2D eigenvalue weighted by Gasteiger charge is -2.14. The molecule has 172 valence electrons. The molecule has 35 heavy (non-hydrogen) atoms. The van der Waals surface area contributed by atoms with Crippen molar-refractivity contribution in [3.63, 3.8) is 0 Å². The van der Waals surface area contributed by atoms with Crippen molar-refractivity contribution in [1.29, 1.82) is 0 Å². The first-order chi connectivity index (χ1) is 17.0. The Labute approximate surface area is 201 Å². The van der Waals surface area contributed by atoms with Gasteiger partial charge in [-0.1, -0.05) is 48.2 Å². The number of aromatic nitrogens is 6. The minimum atomic E-state index is -0.526. The summed E-state index contributed by atoms with van der Waals surface area (Å²) in [5.74, 6) is 0.729. The number of rotatable bonds is 4. The summed E-state index contributed by atoms with van der Waals surface area (Å²) in [5.41, 5.74) is 0.805. The fraction of sp³-hybridized carbons (Fsp3) is 0.0800.